The second-order valence-electron chi connectivity index (χ2n) is 3.16. The Morgan fingerprint density at radius 2 is 2.38 bits per heavy atom. The number of nitrogens with zero attached hydrogens (tertiary/aromatic N) is 2. The Labute approximate surface area is 99.9 Å². The number of imidazole rings is 1. The van der Waals surface area contributed by atoms with Crippen molar-refractivity contribution in [3.05, 3.63) is 12.5 Å². The average Bonchev–Trinajstić information content (AvgIpc) is 2.65. The van der Waals surface area contributed by atoms with Crippen LogP contribution < -0.4 is 10.5 Å². The molecular weight excluding hydrogens is 248 g/mol. The Morgan fingerprint density at radius 3 is 2.88 bits per heavy atom. The number of nitrogens with two attached hydrogens (primary N) is 1. The van der Waals surface area contributed by atoms with Gasteiger partial charge in [0.2, 0.25) is 0 Å². The lowest BCUT2D eigenvalue weighted by atomic mass is 10.4. The molecule has 16 heavy (non-hydrogen) atoms. The maximum absolute atomic E-state index is 11.7. The van der Waals surface area contributed by atoms with Gasteiger partial charge < -0.3 is 10.3 Å². The van der Waals surface area contributed by atoms with E-state index in [1.165, 1.54) is 12.5 Å². The van der Waals surface area contributed by atoms with E-state index in [4.69, 9.17) is 5.73 Å². The van der Waals surface area contributed by atoms with Gasteiger partial charge >= 0.3 is 0 Å². The van der Waals surface area contributed by atoms with Crippen molar-refractivity contribution in [3.8, 4) is 0 Å². The molecule has 1 aromatic rings. The first kappa shape index (κ1) is 13.1. The minimum absolute atomic E-state index is 0.0114. The van der Waals surface area contributed by atoms with Crippen molar-refractivity contribution >= 4 is 27.2 Å². The van der Waals surface area contributed by atoms with Gasteiger partial charge in [-0.2, -0.15) is 0 Å². The average molecular weight is 262 g/mol. The third kappa shape index (κ3) is 3.54. The van der Waals surface area contributed by atoms with E-state index in [0.717, 1.165) is 0 Å². The van der Waals surface area contributed by atoms with Crippen LogP contribution in [0.15, 0.2) is 17.6 Å². The number of hydrogen-bond acceptors (Lipinski definition) is 4. The molecule has 0 amide bonds. The van der Waals surface area contributed by atoms with Gasteiger partial charge in [-0.3, -0.25) is 0 Å². The van der Waals surface area contributed by atoms with Gasteiger partial charge in [-0.15, -0.1) is 0 Å². The van der Waals surface area contributed by atoms with Gasteiger partial charge in [0, 0.05) is 25.7 Å². The molecule has 6 nitrogen and oxygen atoms in total. The summed E-state index contributed by atoms with van der Waals surface area (Å²) < 4.78 is 27.4. The first-order valence-corrected chi connectivity index (χ1v) is 6.64. The quantitative estimate of drug-likeness (QED) is 0.696. The number of sulfonamides is 1. The summed E-state index contributed by atoms with van der Waals surface area (Å²) in [5.41, 5.74) is 5.26. The Hall–Kier alpha value is -0.990. The van der Waals surface area contributed by atoms with Crippen molar-refractivity contribution in [2.75, 3.05) is 6.54 Å². The maximum atomic E-state index is 11.7. The summed E-state index contributed by atoms with van der Waals surface area (Å²) in [5, 5.41) is 0.0114. The fourth-order valence-electron chi connectivity index (χ4n) is 1.03. The fraction of sp³-hybridized carbons (Fsp3) is 0.500. The normalized spacial score (nSPS) is 11.6. The van der Waals surface area contributed by atoms with E-state index in [9.17, 15) is 8.42 Å². The van der Waals surface area contributed by atoms with E-state index < -0.39 is 10.0 Å². The molecule has 0 spiro atoms. The van der Waals surface area contributed by atoms with Gasteiger partial charge in [0.1, 0.15) is 0 Å². The Morgan fingerprint density at radius 1 is 1.69 bits per heavy atom. The van der Waals surface area contributed by atoms with Gasteiger partial charge in [-0.05, 0) is 6.92 Å². The summed E-state index contributed by atoms with van der Waals surface area (Å²) in [4.78, 5) is 4.08. The number of rotatable bonds is 6. The molecular formula is C8H14N4O2S2. The lowest BCUT2D eigenvalue weighted by Crippen LogP contribution is -2.27. The van der Waals surface area contributed by atoms with Crippen molar-refractivity contribution < 1.29 is 8.42 Å². The lowest BCUT2D eigenvalue weighted by Gasteiger charge is -2.02. The molecule has 1 aromatic heterocycles. The minimum atomic E-state index is -3.54. The predicted octanol–water partition coefficient (Wildman–Crippen LogP) is -0.142. The zero-order valence-corrected chi connectivity index (χ0v) is 10.5. The maximum Gasteiger partial charge on any atom is 0.259 e. The highest BCUT2D eigenvalue weighted by Crippen LogP contribution is 2.04. The molecule has 0 aliphatic rings. The van der Waals surface area contributed by atoms with Crippen molar-refractivity contribution in [1.82, 2.24) is 14.3 Å². The van der Waals surface area contributed by atoms with Crippen molar-refractivity contribution in [3.63, 3.8) is 0 Å². The zero-order valence-electron chi connectivity index (χ0n) is 8.88. The summed E-state index contributed by atoms with van der Waals surface area (Å²) in [6, 6.07) is 0. The standard InChI is InChI=1S/C8H14N4O2S2/c1-2-12-5-8(10-6-12)16(13,14)11-4-3-7(9)15/h5-6,11H,2-4H2,1H3,(H2,9,15). The topological polar surface area (TPSA) is 90.0 Å². The largest absolute Gasteiger partial charge is 0.393 e. The van der Waals surface area contributed by atoms with Crippen LogP contribution in [0, 0.1) is 0 Å². The molecule has 0 atom stereocenters. The highest BCUT2D eigenvalue weighted by molar-refractivity contribution is 7.89. The van der Waals surface area contributed by atoms with Crippen molar-refractivity contribution in [2.24, 2.45) is 5.73 Å². The molecule has 0 saturated carbocycles. The second-order valence-corrected chi connectivity index (χ2v) is 5.39. The molecule has 90 valence electrons. The molecule has 0 aromatic carbocycles. The number of aromatic nitrogens is 2. The van der Waals surface area contributed by atoms with Crippen LogP contribution >= 0.6 is 12.2 Å². The summed E-state index contributed by atoms with van der Waals surface area (Å²) in [6.07, 6.45) is 3.29. The molecule has 8 heteroatoms. The molecule has 1 heterocycles. The van der Waals surface area contributed by atoms with E-state index in [-0.39, 0.29) is 16.6 Å². The van der Waals surface area contributed by atoms with Crippen LogP contribution in [-0.2, 0) is 16.6 Å². The van der Waals surface area contributed by atoms with Crippen LogP contribution in [0.25, 0.3) is 0 Å². The molecule has 0 radical (unpaired) electrons. The van der Waals surface area contributed by atoms with Crippen LogP contribution in [0.1, 0.15) is 13.3 Å². The summed E-state index contributed by atoms with van der Waals surface area (Å²) in [7, 11) is -3.54. The molecule has 0 unspecified atom stereocenters. The monoisotopic (exact) mass is 262 g/mol. The molecule has 0 aliphatic carbocycles. The lowest BCUT2D eigenvalue weighted by molar-refractivity contribution is 0.579. The highest BCUT2D eigenvalue weighted by Gasteiger charge is 2.16. The van der Waals surface area contributed by atoms with Gasteiger partial charge in [-0.25, -0.2) is 18.1 Å². The van der Waals surface area contributed by atoms with Crippen molar-refractivity contribution in [1.29, 1.82) is 0 Å². The predicted molar refractivity (Wildman–Crippen MR) is 64.5 cm³/mol. The third-order valence-corrected chi connectivity index (χ3v) is 3.46. The molecule has 0 bridgehead atoms. The highest BCUT2D eigenvalue weighted by atomic mass is 32.2. The fourth-order valence-corrected chi connectivity index (χ4v) is 2.11. The Kier molecular flexibility index (Phi) is 4.39. The second kappa shape index (κ2) is 5.37. The number of aryl methyl sites for hydroxylation is 1. The van der Waals surface area contributed by atoms with Crippen LogP contribution in [0.3, 0.4) is 0 Å². The van der Waals surface area contributed by atoms with E-state index in [1.54, 1.807) is 4.57 Å². The van der Waals surface area contributed by atoms with Gasteiger partial charge in [0.15, 0.2) is 5.03 Å². The van der Waals surface area contributed by atoms with E-state index >= 15 is 0 Å². The van der Waals surface area contributed by atoms with E-state index in [1.807, 2.05) is 6.92 Å². The first-order chi connectivity index (χ1) is 7.45. The summed E-state index contributed by atoms with van der Waals surface area (Å²) in [6.45, 7) is 2.77. The molecule has 0 saturated heterocycles. The van der Waals surface area contributed by atoms with Crippen LogP contribution in [-0.4, -0.2) is 29.5 Å². The first-order valence-electron chi connectivity index (χ1n) is 4.75. The van der Waals surface area contributed by atoms with Gasteiger partial charge in [0.05, 0.1) is 11.3 Å². The van der Waals surface area contributed by atoms with Crippen LogP contribution in [0.2, 0.25) is 0 Å². The molecule has 3 N–H and O–H groups in total. The summed E-state index contributed by atoms with van der Waals surface area (Å²) in [5.74, 6) is 0. The number of thiocarbonyl (C=S) groups is 1. The Bertz CT molecular complexity index is 466. The molecule has 0 aliphatic heterocycles. The molecule has 1 rings (SSSR count). The SMILES string of the molecule is CCn1cnc(S(=O)(=O)NCCC(N)=S)c1. The van der Waals surface area contributed by atoms with Gasteiger partial charge in [0.25, 0.3) is 10.0 Å². The number of hydrogen-bond donors (Lipinski definition) is 2. The third-order valence-electron chi connectivity index (χ3n) is 1.91. The van der Waals surface area contributed by atoms with Gasteiger partial charge in [-0.1, -0.05) is 12.2 Å². The molecule has 0 fully saturated rings. The van der Waals surface area contributed by atoms with E-state index in [2.05, 4.69) is 21.9 Å². The Balaban J connectivity index is 2.66. The number of nitrogens with one attached hydrogen (secondary N) is 1. The zero-order chi connectivity index (χ0) is 12.2. The smallest absolute Gasteiger partial charge is 0.259 e. The van der Waals surface area contributed by atoms with E-state index in [0.29, 0.717) is 13.0 Å². The van der Waals surface area contributed by atoms with Crippen molar-refractivity contribution in [2.45, 2.75) is 24.9 Å². The van der Waals surface area contributed by atoms with Crippen LogP contribution in [0.5, 0.6) is 0 Å². The van der Waals surface area contributed by atoms with Crippen LogP contribution in [0.4, 0.5) is 0 Å². The summed E-state index contributed by atoms with van der Waals surface area (Å²) >= 11 is 4.65. The minimum Gasteiger partial charge on any atom is -0.393 e.